The number of hydrogen-bond acceptors (Lipinski definition) is 7. The first-order valence-electron chi connectivity index (χ1n) is 8.87. The van der Waals surface area contributed by atoms with E-state index in [1.807, 2.05) is 12.1 Å². The molecule has 140 valence electrons. The van der Waals surface area contributed by atoms with E-state index < -0.39 is 0 Å². The Bertz CT molecular complexity index is 1040. The third-order valence-electron chi connectivity index (χ3n) is 4.52. The van der Waals surface area contributed by atoms with Crippen molar-refractivity contribution in [3.05, 3.63) is 66.2 Å². The Morgan fingerprint density at radius 2 is 2.11 bits per heavy atom. The quantitative estimate of drug-likeness (QED) is 0.596. The van der Waals surface area contributed by atoms with Crippen LogP contribution in [0.5, 0.6) is 0 Å². The van der Waals surface area contributed by atoms with Crippen molar-refractivity contribution < 1.29 is 4.79 Å². The van der Waals surface area contributed by atoms with Crippen molar-refractivity contribution in [2.75, 3.05) is 30.3 Å². The SMILES string of the molecule is N=C(c1cccc(N2CCNCC2=O)n1)c1cc(-c2cccnc2)ncc1N. The Balaban J connectivity index is 1.68. The average Bonchev–Trinajstić information content (AvgIpc) is 2.75. The highest BCUT2D eigenvalue weighted by Crippen LogP contribution is 2.23. The number of aromatic nitrogens is 3. The summed E-state index contributed by atoms with van der Waals surface area (Å²) in [4.78, 5) is 26.7. The summed E-state index contributed by atoms with van der Waals surface area (Å²) in [5, 5.41) is 11.7. The van der Waals surface area contributed by atoms with Crippen molar-refractivity contribution >= 4 is 23.1 Å². The minimum absolute atomic E-state index is 0.0373. The Labute approximate surface area is 162 Å². The van der Waals surface area contributed by atoms with E-state index in [4.69, 9.17) is 11.1 Å². The van der Waals surface area contributed by atoms with Gasteiger partial charge in [0.25, 0.3) is 0 Å². The van der Waals surface area contributed by atoms with Gasteiger partial charge < -0.3 is 11.1 Å². The fourth-order valence-electron chi connectivity index (χ4n) is 3.05. The maximum absolute atomic E-state index is 12.1. The third-order valence-corrected chi connectivity index (χ3v) is 4.52. The van der Waals surface area contributed by atoms with Gasteiger partial charge in [-0.3, -0.25) is 25.1 Å². The number of rotatable bonds is 4. The summed E-state index contributed by atoms with van der Waals surface area (Å²) in [7, 11) is 0. The average molecular weight is 373 g/mol. The molecule has 4 rings (SSSR count). The summed E-state index contributed by atoms with van der Waals surface area (Å²) in [5.41, 5.74) is 9.15. The van der Waals surface area contributed by atoms with E-state index in [0.717, 1.165) is 5.56 Å². The number of nitrogens with two attached hydrogens (primary N) is 1. The van der Waals surface area contributed by atoms with Crippen LogP contribution in [0.2, 0.25) is 0 Å². The lowest BCUT2D eigenvalue weighted by Gasteiger charge is -2.26. The first-order chi connectivity index (χ1) is 13.6. The molecule has 28 heavy (non-hydrogen) atoms. The molecule has 8 nitrogen and oxygen atoms in total. The second-order valence-corrected chi connectivity index (χ2v) is 6.38. The molecule has 1 aliphatic heterocycles. The van der Waals surface area contributed by atoms with Gasteiger partial charge in [-0.05, 0) is 30.3 Å². The molecule has 0 aliphatic carbocycles. The van der Waals surface area contributed by atoms with Gasteiger partial charge >= 0.3 is 0 Å². The Morgan fingerprint density at radius 3 is 2.89 bits per heavy atom. The van der Waals surface area contributed by atoms with Gasteiger partial charge in [0.2, 0.25) is 5.91 Å². The van der Waals surface area contributed by atoms with E-state index in [2.05, 4.69) is 20.3 Å². The number of hydrogen-bond donors (Lipinski definition) is 3. The number of nitrogens with one attached hydrogen (secondary N) is 2. The zero-order valence-corrected chi connectivity index (χ0v) is 15.1. The number of pyridine rings is 3. The van der Waals surface area contributed by atoms with Gasteiger partial charge in [-0.1, -0.05) is 6.07 Å². The fourth-order valence-corrected chi connectivity index (χ4v) is 3.05. The maximum Gasteiger partial charge on any atom is 0.242 e. The first-order valence-corrected chi connectivity index (χ1v) is 8.87. The van der Waals surface area contributed by atoms with Crippen LogP contribution in [0.4, 0.5) is 11.5 Å². The van der Waals surface area contributed by atoms with Crippen molar-refractivity contribution in [1.82, 2.24) is 20.3 Å². The van der Waals surface area contributed by atoms with Gasteiger partial charge in [0.15, 0.2) is 0 Å². The predicted molar refractivity (Wildman–Crippen MR) is 107 cm³/mol. The van der Waals surface area contributed by atoms with Crippen LogP contribution in [0.3, 0.4) is 0 Å². The first kappa shape index (κ1) is 17.7. The van der Waals surface area contributed by atoms with Crippen LogP contribution in [0.1, 0.15) is 11.3 Å². The van der Waals surface area contributed by atoms with Crippen LogP contribution < -0.4 is 16.0 Å². The maximum atomic E-state index is 12.1. The minimum Gasteiger partial charge on any atom is -0.397 e. The Morgan fingerprint density at radius 1 is 1.21 bits per heavy atom. The minimum atomic E-state index is -0.0373. The molecule has 0 radical (unpaired) electrons. The molecule has 0 spiro atoms. The van der Waals surface area contributed by atoms with E-state index in [1.165, 1.54) is 6.20 Å². The molecule has 0 atom stereocenters. The van der Waals surface area contributed by atoms with Crippen LogP contribution in [-0.4, -0.2) is 46.2 Å². The Kier molecular flexibility index (Phi) is 4.77. The van der Waals surface area contributed by atoms with Crippen molar-refractivity contribution in [1.29, 1.82) is 5.41 Å². The third kappa shape index (κ3) is 3.45. The normalized spacial score (nSPS) is 14.1. The number of carbonyl (C=O) groups excluding carboxylic acids is 1. The van der Waals surface area contributed by atoms with E-state index in [9.17, 15) is 4.79 Å². The summed E-state index contributed by atoms with van der Waals surface area (Å²) in [6, 6.07) is 10.8. The molecule has 0 bridgehead atoms. The number of nitrogens with zero attached hydrogens (tertiary/aromatic N) is 4. The van der Waals surface area contributed by atoms with Crippen LogP contribution in [-0.2, 0) is 4.79 Å². The summed E-state index contributed by atoms with van der Waals surface area (Å²) in [5.74, 6) is 0.499. The van der Waals surface area contributed by atoms with Crippen LogP contribution in [0.25, 0.3) is 11.3 Å². The topological polar surface area (TPSA) is 121 Å². The monoisotopic (exact) mass is 373 g/mol. The number of nitrogen functional groups attached to an aromatic ring is 1. The molecule has 0 unspecified atom stereocenters. The second-order valence-electron chi connectivity index (χ2n) is 6.38. The van der Waals surface area contributed by atoms with Gasteiger partial charge in [0.1, 0.15) is 5.82 Å². The molecule has 8 heteroatoms. The van der Waals surface area contributed by atoms with Gasteiger partial charge in [-0.2, -0.15) is 0 Å². The summed E-state index contributed by atoms with van der Waals surface area (Å²) >= 11 is 0. The molecule has 4 heterocycles. The van der Waals surface area contributed by atoms with E-state index in [-0.39, 0.29) is 18.2 Å². The summed E-state index contributed by atoms with van der Waals surface area (Å²) in [6.45, 7) is 1.54. The van der Waals surface area contributed by atoms with Gasteiger partial charge in [-0.15, -0.1) is 0 Å². The van der Waals surface area contributed by atoms with Crippen molar-refractivity contribution in [2.24, 2.45) is 0 Å². The number of amides is 1. The molecule has 0 aromatic carbocycles. The van der Waals surface area contributed by atoms with Crippen molar-refractivity contribution in [2.45, 2.75) is 0 Å². The van der Waals surface area contributed by atoms with Gasteiger partial charge in [-0.25, -0.2) is 4.98 Å². The Hall–Kier alpha value is -3.65. The molecule has 3 aromatic rings. The van der Waals surface area contributed by atoms with Crippen molar-refractivity contribution in [3.63, 3.8) is 0 Å². The molecule has 4 N–H and O–H groups in total. The number of carbonyl (C=O) groups is 1. The molecule has 1 fully saturated rings. The summed E-state index contributed by atoms with van der Waals surface area (Å²) in [6.07, 6.45) is 4.94. The van der Waals surface area contributed by atoms with Gasteiger partial charge in [0, 0.05) is 36.6 Å². The molecule has 3 aromatic heterocycles. The second kappa shape index (κ2) is 7.53. The smallest absolute Gasteiger partial charge is 0.242 e. The largest absolute Gasteiger partial charge is 0.397 e. The standard InChI is InChI=1S/C20H19N7O/c21-15-11-25-17(13-3-2-6-23-10-13)9-14(15)20(22)16-4-1-5-18(26-16)27-8-7-24-12-19(27)28/h1-6,9-11,22,24H,7-8,12,21H2. The van der Waals surface area contributed by atoms with Crippen LogP contribution >= 0.6 is 0 Å². The van der Waals surface area contributed by atoms with Gasteiger partial charge in [0.05, 0.1) is 35.5 Å². The van der Waals surface area contributed by atoms with Crippen molar-refractivity contribution in [3.8, 4) is 11.3 Å². The fraction of sp³-hybridized carbons (Fsp3) is 0.150. The molecule has 1 amide bonds. The van der Waals surface area contributed by atoms with Crippen LogP contribution in [0, 0.1) is 5.41 Å². The molecule has 1 saturated heterocycles. The highest BCUT2D eigenvalue weighted by molar-refractivity contribution is 6.13. The van der Waals surface area contributed by atoms with Crippen LogP contribution in [0.15, 0.2) is 55.0 Å². The molecular formula is C20H19N7O. The lowest BCUT2D eigenvalue weighted by Crippen LogP contribution is -2.48. The van der Waals surface area contributed by atoms with E-state index in [1.54, 1.807) is 41.6 Å². The van der Waals surface area contributed by atoms with E-state index in [0.29, 0.717) is 41.5 Å². The lowest BCUT2D eigenvalue weighted by molar-refractivity contribution is -0.118. The zero-order chi connectivity index (χ0) is 19.5. The highest BCUT2D eigenvalue weighted by atomic mass is 16.2. The summed E-state index contributed by atoms with van der Waals surface area (Å²) < 4.78 is 0. The number of anilines is 2. The highest BCUT2D eigenvalue weighted by Gasteiger charge is 2.21. The molecule has 1 aliphatic rings. The van der Waals surface area contributed by atoms with E-state index >= 15 is 0 Å². The number of piperazine rings is 1. The molecular weight excluding hydrogens is 354 g/mol. The predicted octanol–water partition coefficient (Wildman–Crippen LogP) is 1.47. The zero-order valence-electron chi connectivity index (χ0n) is 15.1. The lowest BCUT2D eigenvalue weighted by atomic mass is 10.0. The molecule has 0 saturated carbocycles.